The van der Waals surface area contributed by atoms with Crippen molar-refractivity contribution in [3.63, 3.8) is 0 Å². The Balaban J connectivity index is 1.52. The fourth-order valence-corrected chi connectivity index (χ4v) is 3.10. The van der Waals surface area contributed by atoms with Crippen LogP contribution in [0.25, 0.3) is 11.5 Å². The van der Waals surface area contributed by atoms with Crippen molar-refractivity contribution in [1.29, 1.82) is 0 Å². The summed E-state index contributed by atoms with van der Waals surface area (Å²) >= 11 is 0. The van der Waals surface area contributed by atoms with Crippen molar-refractivity contribution in [1.82, 2.24) is 15.1 Å². The first-order valence-corrected chi connectivity index (χ1v) is 8.50. The summed E-state index contributed by atoms with van der Waals surface area (Å²) in [6, 6.07) is 8.13. The number of ether oxygens (including phenoxy) is 2. The van der Waals surface area contributed by atoms with E-state index in [2.05, 4.69) is 17.1 Å². The molecule has 0 radical (unpaired) electrons. The van der Waals surface area contributed by atoms with Crippen LogP contribution in [-0.2, 0) is 4.74 Å². The summed E-state index contributed by atoms with van der Waals surface area (Å²) in [6.45, 7) is 4.96. The second-order valence-corrected chi connectivity index (χ2v) is 6.10. The van der Waals surface area contributed by atoms with E-state index in [0.29, 0.717) is 44.8 Å². The van der Waals surface area contributed by atoms with Crippen LogP contribution >= 0.6 is 0 Å². The maximum Gasteiger partial charge on any atom is 0.410 e. The number of aromatic nitrogens is 2. The lowest BCUT2D eigenvalue weighted by Crippen LogP contribution is -2.52. The molecular formula is C17H20N4O4. The molecule has 132 valence electrons. The van der Waals surface area contributed by atoms with Gasteiger partial charge in [0, 0.05) is 19.6 Å². The van der Waals surface area contributed by atoms with Crippen molar-refractivity contribution < 1.29 is 18.7 Å². The average Bonchev–Trinajstić information content (AvgIpc) is 3.27. The molecule has 1 unspecified atom stereocenters. The summed E-state index contributed by atoms with van der Waals surface area (Å²) in [6.07, 6.45) is 0.688. The first kappa shape index (κ1) is 15.7. The monoisotopic (exact) mass is 344 g/mol. The molecule has 2 aliphatic rings. The van der Waals surface area contributed by atoms with Gasteiger partial charge >= 0.3 is 12.1 Å². The van der Waals surface area contributed by atoms with E-state index >= 15 is 0 Å². The molecule has 25 heavy (non-hydrogen) atoms. The van der Waals surface area contributed by atoms with Gasteiger partial charge in [-0.2, -0.15) is 0 Å². The van der Waals surface area contributed by atoms with Gasteiger partial charge in [0.25, 0.3) is 5.89 Å². The number of anilines is 1. The summed E-state index contributed by atoms with van der Waals surface area (Å²) in [5.41, 5.74) is 0.785. The van der Waals surface area contributed by atoms with Gasteiger partial charge in [0.05, 0.1) is 18.2 Å². The minimum absolute atomic E-state index is 0.0387. The van der Waals surface area contributed by atoms with Crippen molar-refractivity contribution in [2.24, 2.45) is 0 Å². The molecule has 1 aromatic carbocycles. The normalized spacial score (nSPS) is 19.7. The molecule has 8 heteroatoms. The van der Waals surface area contributed by atoms with E-state index in [0.717, 1.165) is 17.7 Å². The predicted octanol–water partition coefficient (Wildman–Crippen LogP) is 2.17. The van der Waals surface area contributed by atoms with Gasteiger partial charge in [0.2, 0.25) is 0 Å². The number of nitrogens with zero attached hydrogens (tertiary/aromatic N) is 4. The Morgan fingerprint density at radius 2 is 2.16 bits per heavy atom. The van der Waals surface area contributed by atoms with Crippen molar-refractivity contribution in [2.75, 3.05) is 37.7 Å². The average molecular weight is 344 g/mol. The number of rotatable bonds is 5. The van der Waals surface area contributed by atoms with Crippen LogP contribution in [0.1, 0.15) is 13.3 Å². The Morgan fingerprint density at radius 1 is 1.28 bits per heavy atom. The number of benzene rings is 1. The van der Waals surface area contributed by atoms with Gasteiger partial charge in [0.1, 0.15) is 12.4 Å². The Morgan fingerprint density at radius 3 is 3.04 bits per heavy atom. The lowest BCUT2D eigenvalue weighted by molar-refractivity contribution is 0.156. The zero-order chi connectivity index (χ0) is 17.2. The van der Waals surface area contributed by atoms with Crippen LogP contribution in [0, 0.1) is 0 Å². The van der Waals surface area contributed by atoms with E-state index < -0.39 is 0 Å². The van der Waals surface area contributed by atoms with E-state index in [1.54, 1.807) is 4.90 Å². The molecule has 1 amide bonds. The number of cyclic esters (lactones) is 1. The standard InChI is InChI=1S/C17H20N4O4/c1-2-9-23-14-6-4-3-5-13(14)15-18-19-16(25-15)20-7-8-21-12(10-20)11-24-17(21)22/h3-6,12H,2,7-11H2,1H3. The highest BCUT2D eigenvalue weighted by molar-refractivity contribution is 5.70. The molecule has 0 saturated carbocycles. The molecule has 0 spiro atoms. The molecule has 8 nitrogen and oxygen atoms in total. The maximum atomic E-state index is 11.6. The van der Waals surface area contributed by atoms with Crippen molar-refractivity contribution >= 4 is 12.1 Å². The molecule has 0 aliphatic carbocycles. The van der Waals surface area contributed by atoms with E-state index in [1.807, 2.05) is 29.2 Å². The summed E-state index contributed by atoms with van der Waals surface area (Å²) in [4.78, 5) is 15.3. The van der Waals surface area contributed by atoms with E-state index in [9.17, 15) is 4.79 Å². The molecule has 2 saturated heterocycles. The predicted molar refractivity (Wildman–Crippen MR) is 89.6 cm³/mol. The Hall–Kier alpha value is -2.77. The SMILES string of the molecule is CCCOc1ccccc1-c1nnc(N2CCN3C(=O)OCC3C2)o1. The minimum Gasteiger partial charge on any atom is -0.493 e. The molecular weight excluding hydrogens is 324 g/mol. The fraction of sp³-hybridized carbons (Fsp3) is 0.471. The van der Waals surface area contributed by atoms with Crippen molar-refractivity contribution in [3.8, 4) is 17.2 Å². The number of piperazine rings is 1. The van der Waals surface area contributed by atoms with Crippen molar-refractivity contribution in [2.45, 2.75) is 19.4 Å². The first-order valence-electron chi connectivity index (χ1n) is 8.50. The molecule has 2 aromatic rings. The van der Waals surface area contributed by atoms with Crippen LogP contribution in [0.2, 0.25) is 0 Å². The van der Waals surface area contributed by atoms with E-state index in [-0.39, 0.29) is 12.1 Å². The largest absolute Gasteiger partial charge is 0.493 e. The molecule has 2 fully saturated rings. The van der Waals surface area contributed by atoms with Crippen molar-refractivity contribution in [3.05, 3.63) is 24.3 Å². The van der Waals surface area contributed by atoms with Gasteiger partial charge in [-0.3, -0.25) is 4.90 Å². The van der Waals surface area contributed by atoms with Gasteiger partial charge < -0.3 is 18.8 Å². The second-order valence-electron chi connectivity index (χ2n) is 6.10. The minimum atomic E-state index is -0.238. The topological polar surface area (TPSA) is 80.9 Å². The van der Waals surface area contributed by atoms with E-state index in [4.69, 9.17) is 13.9 Å². The highest BCUT2D eigenvalue weighted by Gasteiger charge is 2.38. The molecule has 1 aromatic heterocycles. The number of para-hydroxylation sites is 1. The third-order valence-corrected chi connectivity index (χ3v) is 4.38. The molecule has 0 N–H and O–H groups in total. The summed E-state index contributed by atoms with van der Waals surface area (Å²) in [7, 11) is 0. The summed E-state index contributed by atoms with van der Waals surface area (Å²) in [5, 5.41) is 8.36. The third-order valence-electron chi connectivity index (χ3n) is 4.38. The van der Waals surface area contributed by atoms with Crippen LogP contribution in [0.4, 0.5) is 10.8 Å². The Bertz CT molecular complexity index is 763. The molecule has 4 rings (SSSR count). The number of fused-ring (bicyclic) bond motifs is 1. The number of carbonyl (C=O) groups is 1. The highest BCUT2D eigenvalue weighted by atomic mass is 16.6. The molecule has 2 aliphatic heterocycles. The van der Waals surface area contributed by atoms with E-state index in [1.165, 1.54) is 0 Å². The second kappa shape index (κ2) is 6.62. The van der Waals surface area contributed by atoms with Crippen LogP contribution in [0.3, 0.4) is 0 Å². The smallest absolute Gasteiger partial charge is 0.410 e. The summed E-state index contributed by atoms with van der Waals surface area (Å²) in [5.74, 6) is 1.17. The molecule has 0 bridgehead atoms. The van der Waals surface area contributed by atoms with Gasteiger partial charge in [-0.25, -0.2) is 4.79 Å². The van der Waals surface area contributed by atoms with Gasteiger partial charge in [-0.15, -0.1) is 5.10 Å². The van der Waals surface area contributed by atoms with Gasteiger partial charge in [-0.1, -0.05) is 24.2 Å². The van der Waals surface area contributed by atoms with Crippen LogP contribution in [0.5, 0.6) is 5.75 Å². The van der Waals surface area contributed by atoms with Gasteiger partial charge in [-0.05, 0) is 18.6 Å². The zero-order valence-electron chi connectivity index (χ0n) is 14.1. The highest BCUT2D eigenvalue weighted by Crippen LogP contribution is 2.31. The molecule has 3 heterocycles. The van der Waals surface area contributed by atoms with Crippen LogP contribution in [-0.4, -0.2) is 60.1 Å². The summed E-state index contributed by atoms with van der Waals surface area (Å²) < 4.78 is 16.7. The third kappa shape index (κ3) is 2.99. The number of hydrogen-bond donors (Lipinski definition) is 0. The van der Waals surface area contributed by atoms with Gasteiger partial charge in [0.15, 0.2) is 0 Å². The quantitative estimate of drug-likeness (QED) is 0.822. The Labute approximate surface area is 145 Å². The zero-order valence-corrected chi connectivity index (χ0v) is 14.1. The molecule has 1 atom stereocenters. The fourth-order valence-electron chi connectivity index (χ4n) is 3.10. The van der Waals surface area contributed by atoms with Crippen LogP contribution < -0.4 is 9.64 Å². The number of amides is 1. The first-order chi connectivity index (χ1) is 12.3. The number of carbonyl (C=O) groups excluding carboxylic acids is 1. The lowest BCUT2D eigenvalue weighted by Gasteiger charge is -2.34. The maximum absolute atomic E-state index is 11.6. The van der Waals surface area contributed by atoms with Crippen LogP contribution in [0.15, 0.2) is 28.7 Å². The lowest BCUT2D eigenvalue weighted by atomic mass is 10.2. The Kier molecular flexibility index (Phi) is 4.17. The number of hydrogen-bond acceptors (Lipinski definition) is 7.